The van der Waals surface area contributed by atoms with Crippen molar-refractivity contribution < 1.29 is 14.6 Å². The molecule has 0 radical (unpaired) electrons. The van der Waals surface area contributed by atoms with E-state index in [0.717, 1.165) is 51.6 Å². The van der Waals surface area contributed by atoms with E-state index in [1.165, 1.54) is 11.9 Å². The monoisotopic (exact) mass is 600 g/mol. The maximum absolute atomic E-state index is 11.4. The van der Waals surface area contributed by atoms with Crippen LogP contribution in [0.15, 0.2) is 65.7 Å². The van der Waals surface area contributed by atoms with Crippen LogP contribution in [-0.2, 0) is 13.0 Å². The molecule has 0 saturated carbocycles. The summed E-state index contributed by atoms with van der Waals surface area (Å²) in [7, 11) is 0. The van der Waals surface area contributed by atoms with Crippen LogP contribution in [0.3, 0.4) is 0 Å². The number of carbonyl (C=O) groups is 1. The molecular formula is C33H40N6O3S. The van der Waals surface area contributed by atoms with Gasteiger partial charge in [-0.1, -0.05) is 52.0 Å². The van der Waals surface area contributed by atoms with Crippen molar-refractivity contribution in [1.29, 1.82) is 0 Å². The van der Waals surface area contributed by atoms with Gasteiger partial charge in [-0.05, 0) is 79.4 Å². The van der Waals surface area contributed by atoms with Crippen molar-refractivity contribution in [3.8, 4) is 17.1 Å². The summed E-state index contributed by atoms with van der Waals surface area (Å²) in [5, 5.41) is 13.0. The average Bonchev–Trinajstić information content (AvgIpc) is 2.97. The van der Waals surface area contributed by atoms with Gasteiger partial charge in [0.1, 0.15) is 12.4 Å². The molecule has 2 aromatic carbocycles. The van der Waals surface area contributed by atoms with E-state index in [4.69, 9.17) is 9.72 Å². The minimum atomic E-state index is -0.977. The number of carboxylic acid groups (broad SMARTS) is 1. The molecule has 0 saturated heterocycles. The summed E-state index contributed by atoms with van der Waals surface area (Å²) in [5.74, 6) is 0.591. The smallest absolute Gasteiger partial charge is 0.335 e. The van der Waals surface area contributed by atoms with Crippen LogP contribution in [0.4, 0.5) is 5.95 Å². The summed E-state index contributed by atoms with van der Waals surface area (Å²) < 4.78 is 9.54. The van der Waals surface area contributed by atoms with Gasteiger partial charge in [0.15, 0.2) is 0 Å². The molecule has 0 spiro atoms. The number of nitrogens with one attached hydrogen (secondary N) is 2. The number of aryl methyl sites for hydroxylation is 3. The van der Waals surface area contributed by atoms with Crippen molar-refractivity contribution in [2.24, 2.45) is 5.41 Å². The fraction of sp³-hybridized carbons (Fsp3) is 0.364. The third-order valence-electron chi connectivity index (χ3n) is 6.75. The van der Waals surface area contributed by atoms with Gasteiger partial charge in [-0.15, -0.1) is 0 Å². The van der Waals surface area contributed by atoms with Crippen molar-refractivity contribution in [1.82, 2.24) is 25.3 Å². The molecule has 0 aliphatic carbocycles. The summed E-state index contributed by atoms with van der Waals surface area (Å²) in [6.07, 6.45) is 3.54. The number of aromatic nitrogens is 4. The largest absolute Gasteiger partial charge is 0.478 e. The fourth-order valence-corrected chi connectivity index (χ4v) is 5.40. The highest BCUT2D eigenvalue weighted by Gasteiger charge is 2.21. The van der Waals surface area contributed by atoms with Gasteiger partial charge in [0.05, 0.1) is 17.8 Å². The lowest BCUT2D eigenvalue weighted by Crippen LogP contribution is -2.38. The number of benzene rings is 2. The second-order valence-corrected chi connectivity index (χ2v) is 12.6. The number of anilines is 1. The van der Waals surface area contributed by atoms with E-state index in [1.54, 1.807) is 24.4 Å². The van der Waals surface area contributed by atoms with E-state index in [-0.39, 0.29) is 17.0 Å². The Hall–Kier alpha value is -4.02. The van der Waals surface area contributed by atoms with Crippen molar-refractivity contribution in [2.75, 3.05) is 11.3 Å². The standard InChI is InChI=1S/C33H40N6O3S/c1-7-24-14-15-34-28(36-24)19-35-25(18-33(4,5)6)20-42-29-17-27(30-21(2)10-8-11-22(30)3)37-32(38-29)39-43-26-13-9-12-23(16-26)31(40)41/h8-17,25,35H,7,18-20H2,1-6H3,(H,40,41)(H,37,38,39). The predicted molar refractivity (Wildman–Crippen MR) is 171 cm³/mol. The highest BCUT2D eigenvalue weighted by atomic mass is 32.2. The van der Waals surface area contributed by atoms with Gasteiger partial charge >= 0.3 is 5.97 Å². The van der Waals surface area contributed by atoms with E-state index < -0.39 is 5.97 Å². The number of rotatable bonds is 13. The van der Waals surface area contributed by atoms with Gasteiger partial charge in [-0.3, -0.25) is 4.72 Å². The molecule has 226 valence electrons. The first-order valence-electron chi connectivity index (χ1n) is 14.4. The second-order valence-electron chi connectivity index (χ2n) is 11.7. The quantitative estimate of drug-likeness (QED) is 0.140. The van der Waals surface area contributed by atoms with Crippen LogP contribution in [0.25, 0.3) is 11.3 Å². The van der Waals surface area contributed by atoms with Crippen molar-refractivity contribution in [3.05, 3.63) is 89.0 Å². The lowest BCUT2D eigenvalue weighted by molar-refractivity contribution is 0.0696. The molecule has 1 atom stereocenters. The maximum Gasteiger partial charge on any atom is 0.335 e. The number of nitrogens with zero attached hydrogens (tertiary/aromatic N) is 4. The Kier molecular flexibility index (Phi) is 10.7. The van der Waals surface area contributed by atoms with Crippen LogP contribution in [0.5, 0.6) is 5.88 Å². The Labute approximate surface area is 258 Å². The zero-order valence-electron chi connectivity index (χ0n) is 25.6. The fourth-order valence-electron chi connectivity index (χ4n) is 4.76. The molecule has 2 aromatic heterocycles. The second kappa shape index (κ2) is 14.4. The Morgan fingerprint density at radius 1 is 1.02 bits per heavy atom. The normalized spacial score (nSPS) is 12.1. The maximum atomic E-state index is 11.4. The Morgan fingerprint density at radius 2 is 1.77 bits per heavy atom. The number of ether oxygens (including phenoxy) is 1. The Bertz CT molecular complexity index is 1540. The highest BCUT2D eigenvalue weighted by Crippen LogP contribution is 2.30. The molecule has 4 rings (SSSR count). The summed E-state index contributed by atoms with van der Waals surface area (Å²) in [5.41, 5.74) is 5.25. The molecule has 0 fully saturated rings. The van der Waals surface area contributed by atoms with Gasteiger partial charge < -0.3 is 15.2 Å². The molecule has 0 amide bonds. The van der Waals surface area contributed by atoms with E-state index in [2.05, 4.69) is 78.7 Å². The third kappa shape index (κ3) is 9.49. The topological polar surface area (TPSA) is 122 Å². The van der Waals surface area contributed by atoms with Gasteiger partial charge in [-0.25, -0.2) is 19.7 Å². The first-order valence-corrected chi connectivity index (χ1v) is 15.2. The molecular weight excluding hydrogens is 560 g/mol. The summed E-state index contributed by atoms with van der Waals surface area (Å²) >= 11 is 1.25. The molecule has 1 unspecified atom stereocenters. The summed E-state index contributed by atoms with van der Waals surface area (Å²) in [6.45, 7) is 13.7. The van der Waals surface area contributed by atoms with Gasteiger partial charge in [0.2, 0.25) is 11.8 Å². The summed E-state index contributed by atoms with van der Waals surface area (Å²) in [6, 6.07) is 16.7. The van der Waals surface area contributed by atoms with Crippen molar-refractivity contribution in [3.63, 3.8) is 0 Å². The first-order chi connectivity index (χ1) is 20.5. The van der Waals surface area contributed by atoms with Gasteiger partial charge in [0, 0.05) is 34.5 Å². The minimum absolute atomic E-state index is 0.0250. The van der Waals surface area contributed by atoms with Crippen LogP contribution in [0.2, 0.25) is 0 Å². The molecule has 43 heavy (non-hydrogen) atoms. The molecule has 0 aliphatic rings. The molecule has 4 aromatic rings. The molecule has 0 bridgehead atoms. The van der Waals surface area contributed by atoms with Crippen LogP contribution in [-0.4, -0.2) is 43.7 Å². The van der Waals surface area contributed by atoms with Gasteiger partial charge in [0.25, 0.3) is 0 Å². The number of hydrogen-bond donors (Lipinski definition) is 3. The minimum Gasteiger partial charge on any atom is -0.478 e. The number of aromatic carboxylic acids is 1. The lowest BCUT2D eigenvalue weighted by atomic mass is 9.88. The zero-order chi connectivity index (χ0) is 31.0. The Morgan fingerprint density at radius 3 is 2.47 bits per heavy atom. The molecule has 10 heteroatoms. The molecule has 9 nitrogen and oxygen atoms in total. The average molecular weight is 601 g/mol. The van der Waals surface area contributed by atoms with Gasteiger partial charge in [-0.2, -0.15) is 4.98 Å². The van der Waals surface area contributed by atoms with Crippen LogP contribution in [0.1, 0.15) is 67.1 Å². The summed E-state index contributed by atoms with van der Waals surface area (Å²) in [4.78, 5) is 30.7. The van der Waals surface area contributed by atoms with Crippen molar-refractivity contribution >= 4 is 23.9 Å². The van der Waals surface area contributed by atoms with E-state index in [1.807, 2.05) is 24.3 Å². The van der Waals surface area contributed by atoms with Crippen LogP contribution in [0, 0.1) is 19.3 Å². The molecule has 3 N–H and O–H groups in total. The number of carboxylic acids is 1. The highest BCUT2D eigenvalue weighted by molar-refractivity contribution is 8.00. The van der Waals surface area contributed by atoms with Crippen LogP contribution < -0.4 is 14.8 Å². The van der Waals surface area contributed by atoms with E-state index >= 15 is 0 Å². The number of hydrogen-bond acceptors (Lipinski definition) is 9. The van der Waals surface area contributed by atoms with Crippen molar-refractivity contribution in [2.45, 2.75) is 71.9 Å². The SMILES string of the molecule is CCc1ccnc(CNC(COc2cc(-c3c(C)cccc3C)nc(NSc3cccc(C(=O)O)c3)n2)CC(C)(C)C)n1. The van der Waals surface area contributed by atoms with E-state index in [0.29, 0.717) is 25.0 Å². The lowest BCUT2D eigenvalue weighted by Gasteiger charge is -2.27. The molecule has 0 aliphatic heterocycles. The predicted octanol–water partition coefficient (Wildman–Crippen LogP) is 6.90. The molecule has 2 heterocycles. The zero-order valence-corrected chi connectivity index (χ0v) is 26.5. The first kappa shape index (κ1) is 31.9. The third-order valence-corrected chi connectivity index (χ3v) is 7.52. The van der Waals surface area contributed by atoms with Crippen LogP contribution >= 0.6 is 11.9 Å². The Balaban J connectivity index is 1.58. The van der Waals surface area contributed by atoms with E-state index in [9.17, 15) is 9.90 Å².